The Morgan fingerprint density at radius 1 is 1.29 bits per heavy atom. The van der Waals surface area contributed by atoms with E-state index in [1.807, 2.05) is 30.1 Å². The van der Waals surface area contributed by atoms with Crippen LogP contribution in [0.1, 0.15) is 31.9 Å². The largest absolute Gasteiger partial charge is 0.316 e. The monoisotopic (exact) mass is 289 g/mol. The van der Waals surface area contributed by atoms with Gasteiger partial charge in [0.15, 0.2) is 0 Å². The van der Waals surface area contributed by atoms with E-state index in [-0.39, 0.29) is 17.3 Å². The number of nitrogens with one attached hydrogen (secondary N) is 1. The molecular formula is C17H24FN3. The highest BCUT2D eigenvalue weighted by Gasteiger charge is 2.30. The van der Waals surface area contributed by atoms with Gasteiger partial charge >= 0.3 is 0 Å². The molecule has 1 aromatic heterocycles. The number of halogens is 1. The molecule has 1 N–H and O–H groups in total. The number of nitrogens with zero attached hydrogens (tertiary/aromatic N) is 2. The van der Waals surface area contributed by atoms with Gasteiger partial charge in [0.05, 0.1) is 6.20 Å². The van der Waals surface area contributed by atoms with Gasteiger partial charge in [-0.1, -0.05) is 26.0 Å². The van der Waals surface area contributed by atoms with Gasteiger partial charge < -0.3 is 5.32 Å². The molecule has 0 saturated heterocycles. The van der Waals surface area contributed by atoms with Gasteiger partial charge in [-0.15, -0.1) is 0 Å². The molecule has 1 unspecified atom stereocenters. The van der Waals surface area contributed by atoms with E-state index in [9.17, 15) is 4.39 Å². The highest BCUT2D eigenvalue weighted by Crippen LogP contribution is 2.29. The molecule has 2 aromatic rings. The number of hydrogen-bond donors (Lipinski definition) is 1. The van der Waals surface area contributed by atoms with E-state index in [0.29, 0.717) is 0 Å². The zero-order valence-electron chi connectivity index (χ0n) is 13.2. The zero-order valence-corrected chi connectivity index (χ0v) is 13.2. The second-order valence-corrected chi connectivity index (χ2v) is 5.98. The van der Waals surface area contributed by atoms with Gasteiger partial charge in [-0.25, -0.2) is 4.39 Å². The number of aryl methyl sites for hydroxylation is 1. The topological polar surface area (TPSA) is 29.9 Å². The van der Waals surface area contributed by atoms with Gasteiger partial charge in [0, 0.05) is 24.2 Å². The second kappa shape index (κ2) is 6.39. The van der Waals surface area contributed by atoms with Crippen LogP contribution < -0.4 is 5.32 Å². The number of benzene rings is 1. The lowest BCUT2D eigenvalue weighted by Gasteiger charge is -2.34. The molecule has 3 nitrogen and oxygen atoms in total. The van der Waals surface area contributed by atoms with Gasteiger partial charge in [0.25, 0.3) is 0 Å². The SMILES string of the molecule is CCn1cc(CC(NC)C(C)(C)c2ccc(F)cc2)cn1. The number of hydrogen-bond acceptors (Lipinski definition) is 2. The van der Waals surface area contributed by atoms with Crippen LogP contribution in [0.4, 0.5) is 4.39 Å². The Bertz CT molecular complexity index is 572. The minimum Gasteiger partial charge on any atom is -0.316 e. The van der Waals surface area contributed by atoms with E-state index in [2.05, 4.69) is 37.4 Å². The molecule has 0 fully saturated rings. The van der Waals surface area contributed by atoms with Crippen LogP contribution >= 0.6 is 0 Å². The maximum atomic E-state index is 13.1. The molecule has 1 aromatic carbocycles. The first-order valence-corrected chi connectivity index (χ1v) is 7.42. The Morgan fingerprint density at radius 2 is 1.95 bits per heavy atom. The van der Waals surface area contributed by atoms with Gasteiger partial charge in [-0.2, -0.15) is 5.10 Å². The van der Waals surface area contributed by atoms with Crippen molar-refractivity contribution in [3.8, 4) is 0 Å². The number of likely N-dealkylation sites (N-methyl/N-ethyl adjacent to an activating group) is 1. The summed E-state index contributed by atoms with van der Waals surface area (Å²) in [6.45, 7) is 7.33. The molecular weight excluding hydrogens is 265 g/mol. The third-order valence-electron chi connectivity index (χ3n) is 4.26. The van der Waals surface area contributed by atoms with E-state index < -0.39 is 0 Å². The number of aromatic nitrogens is 2. The molecule has 0 aliphatic heterocycles. The van der Waals surface area contributed by atoms with Crippen molar-refractivity contribution in [2.24, 2.45) is 0 Å². The molecule has 0 bridgehead atoms. The third kappa shape index (κ3) is 3.50. The van der Waals surface area contributed by atoms with E-state index in [1.54, 1.807) is 0 Å². The fourth-order valence-electron chi connectivity index (χ4n) is 2.72. The lowest BCUT2D eigenvalue weighted by molar-refractivity contribution is 0.356. The molecule has 4 heteroatoms. The fourth-order valence-corrected chi connectivity index (χ4v) is 2.72. The standard InChI is InChI=1S/C17H24FN3/c1-5-21-12-13(11-20-21)10-16(19-4)17(2,3)14-6-8-15(18)9-7-14/h6-9,11-12,16,19H,5,10H2,1-4H3. The van der Waals surface area contributed by atoms with E-state index in [4.69, 9.17) is 0 Å². The Hall–Kier alpha value is -1.68. The average Bonchev–Trinajstić information content (AvgIpc) is 2.92. The second-order valence-electron chi connectivity index (χ2n) is 5.98. The zero-order chi connectivity index (χ0) is 15.5. The van der Waals surface area contributed by atoms with Crippen LogP contribution in [-0.2, 0) is 18.4 Å². The first kappa shape index (κ1) is 15.7. The maximum Gasteiger partial charge on any atom is 0.123 e. The van der Waals surface area contributed by atoms with Crippen molar-refractivity contribution in [2.75, 3.05) is 7.05 Å². The molecule has 2 rings (SSSR count). The minimum absolute atomic E-state index is 0.100. The predicted molar refractivity (Wildman–Crippen MR) is 83.9 cm³/mol. The summed E-state index contributed by atoms with van der Waals surface area (Å²) in [5, 5.41) is 7.73. The molecule has 1 heterocycles. The van der Waals surface area contributed by atoms with E-state index in [0.717, 1.165) is 18.5 Å². The van der Waals surface area contributed by atoms with Crippen LogP contribution in [0.5, 0.6) is 0 Å². The summed E-state index contributed by atoms with van der Waals surface area (Å²) in [7, 11) is 1.97. The quantitative estimate of drug-likeness (QED) is 0.885. The Labute approximate surface area is 126 Å². The predicted octanol–water partition coefficient (Wildman–Crippen LogP) is 3.15. The summed E-state index contributed by atoms with van der Waals surface area (Å²) >= 11 is 0. The highest BCUT2D eigenvalue weighted by molar-refractivity contribution is 5.27. The van der Waals surface area contributed by atoms with Gasteiger partial charge in [0.1, 0.15) is 5.82 Å². The van der Waals surface area contributed by atoms with Gasteiger partial charge in [-0.3, -0.25) is 4.68 Å². The lowest BCUT2D eigenvalue weighted by atomic mass is 9.75. The molecule has 0 saturated carbocycles. The first-order valence-electron chi connectivity index (χ1n) is 7.42. The normalized spacial score (nSPS) is 13.4. The van der Waals surface area contributed by atoms with Crippen molar-refractivity contribution in [1.29, 1.82) is 0 Å². The average molecular weight is 289 g/mol. The molecule has 0 aliphatic carbocycles. The van der Waals surface area contributed by atoms with Crippen LogP contribution in [0, 0.1) is 5.82 Å². The first-order chi connectivity index (χ1) is 9.97. The van der Waals surface area contributed by atoms with Gasteiger partial charge in [-0.05, 0) is 43.7 Å². The van der Waals surface area contributed by atoms with Crippen molar-refractivity contribution < 1.29 is 4.39 Å². The molecule has 0 aliphatic rings. The third-order valence-corrected chi connectivity index (χ3v) is 4.26. The van der Waals surface area contributed by atoms with Crippen molar-refractivity contribution in [1.82, 2.24) is 15.1 Å². The molecule has 21 heavy (non-hydrogen) atoms. The fraction of sp³-hybridized carbons (Fsp3) is 0.471. The van der Waals surface area contributed by atoms with E-state index >= 15 is 0 Å². The lowest BCUT2D eigenvalue weighted by Crippen LogP contribution is -2.44. The molecule has 1 atom stereocenters. The summed E-state index contributed by atoms with van der Waals surface area (Å²) in [5.74, 6) is -0.195. The van der Waals surface area contributed by atoms with E-state index in [1.165, 1.54) is 17.7 Å². The molecule has 0 radical (unpaired) electrons. The minimum atomic E-state index is -0.195. The van der Waals surface area contributed by atoms with Crippen LogP contribution in [0.25, 0.3) is 0 Å². The molecule has 114 valence electrons. The maximum absolute atomic E-state index is 13.1. The smallest absolute Gasteiger partial charge is 0.123 e. The Kier molecular flexibility index (Phi) is 4.78. The van der Waals surface area contributed by atoms with Crippen molar-refractivity contribution in [2.45, 2.75) is 45.2 Å². The van der Waals surface area contributed by atoms with Crippen LogP contribution in [0.3, 0.4) is 0 Å². The Balaban J connectivity index is 2.20. The van der Waals surface area contributed by atoms with Crippen LogP contribution in [0.15, 0.2) is 36.7 Å². The Morgan fingerprint density at radius 3 is 2.48 bits per heavy atom. The molecule has 0 amide bonds. The summed E-state index contributed by atoms with van der Waals surface area (Å²) < 4.78 is 15.1. The summed E-state index contributed by atoms with van der Waals surface area (Å²) in [4.78, 5) is 0. The van der Waals surface area contributed by atoms with Crippen molar-refractivity contribution in [3.05, 3.63) is 53.6 Å². The molecule has 0 spiro atoms. The number of rotatable bonds is 6. The van der Waals surface area contributed by atoms with Crippen molar-refractivity contribution >= 4 is 0 Å². The summed E-state index contributed by atoms with van der Waals surface area (Å²) in [6.07, 6.45) is 4.90. The van der Waals surface area contributed by atoms with Gasteiger partial charge in [0.2, 0.25) is 0 Å². The highest BCUT2D eigenvalue weighted by atomic mass is 19.1. The van der Waals surface area contributed by atoms with Crippen LogP contribution in [0.2, 0.25) is 0 Å². The summed E-state index contributed by atoms with van der Waals surface area (Å²) in [5.41, 5.74) is 2.24. The van der Waals surface area contributed by atoms with Crippen LogP contribution in [-0.4, -0.2) is 22.9 Å². The summed E-state index contributed by atoms with van der Waals surface area (Å²) in [6, 6.07) is 7.04. The van der Waals surface area contributed by atoms with Crippen molar-refractivity contribution in [3.63, 3.8) is 0 Å².